The molecule has 0 aliphatic heterocycles. The van der Waals surface area contributed by atoms with Crippen molar-refractivity contribution in [3.8, 4) is 5.75 Å². The van der Waals surface area contributed by atoms with Gasteiger partial charge in [-0.25, -0.2) is 17.9 Å². The zero-order chi connectivity index (χ0) is 21.8. The predicted octanol–water partition coefficient (Wildman–Crippen LogP) is 3.57. The number of ether oxygens (including phenoxy) is 2. The number of hydrogen-bond donors (Lipinski definition) is 1. The van der Waals surface area contributed by atoms with E-state index in [1.54, 1.807) is 38.1 Å². The van der Waals surface area contributed by atoms with Crippen LogP contribution in [-0.2, 0) is 14.8 Å². The van der Waals surface area contributed by atoms with E-state index in [1.165, 1.54) is 32.2 Å². The maximum atomic E-state index is 12.6. The van der Waals surface area contributed by atoms with Crippen LogP contribution in [-0.4, -0.2) is 39.4 Å². The number of methoxy groups -OCH3 is 1. The molecule has 0 saturated heterocycles. The van der Waals surface area contributed by atoms with E-state index < -0.39 is 22.1 Å². The Morgan fingerprint density at radius 1 is 1.03 bits per heavy atom. The maximum absolute atomic E-state index is 12.6. The number of nitrogens with one attached hydrogen (secondary N) is 1. The molecule has 0 spiro atoms. The van der Waals surface area contributed by atoms with Gasteiger partial charge >= 0.3 is 5.97 Å². The van der Waals surface area contributed by atoms with Crippen LogP contribution in [0, 0.1) is 0 Å². The van der Waals surface area contributed by atoms with Crippen LogP contribution in [0.2, 0.25) is 0 Å². The Morgan fingerprint density at radius 3 is 2.21 bits per heavy atom. The van der Waals surface area contributed by atoms with Gasteiger partial charge in [-0.1, -0.05) is 0 Å². The Balaban J connectivity index is 2.21. The Kier molecular flexibility index (Phi) is 7.56. The van der Waals surface area contributed by atoms with Crippen molar-refractivity contribution in [1.82, 2.24) is 4.72 Å². The van der Waals surface area contributed by atoms with E-state index in [-0.39, 0.29) is 22.3 Å². The molecule has 1 N–H and O–H groups in total. The zero-order valence-electron chi connectivity index (χ0n) is 16.4. The molecule has 0 fully saturated rings. The predicted molar refractivity (Wildman–Crippen MR) is 112 cm³/mol. The highest BCUT2D eigenvalue weighted by Crippen LogP contribution is 2.23. The fourth-order valence-corrected chi connectivity index (χ4v) is 4.16. The van der Waals surface area contributed by atoms with Crippen molar-refractivity contribution in [2.24, 2.45) is 0 Å². The highest BCUT2D eigenvalue weighted by atomic mass is 79.9. The second-order valence-electron chi connectivity index (χ2n) is 6.56. The summed E-state index contributed by atoms with van der Waals surface area (Å²) in [6.45, 7) is 4.84. The molecule has 7 nitrogen and oxygen atoms in total. The van der Waals surface area contributed by atoms with Crippen molar-refractivity contribution in [2.75, 3.05) is 7.11 Å². The number of Topliss-reactive ketones (excluding diaryl/α,β-unsaturated/α-hetero) is 1. The summed E-state index contributed by atoms with van der Waals surface area (Å²) in [5, 5.41) is 0. The molecule has 156 valence electrons. The standard InChI is InChI=1S/C20H22BrNO6S/c1-12(2)22-29(25,26)16-9-10-18(21)17(11-16)20(24)28-13(3)19(23)14-5-7-15(27-4)8-6-14/h5-13,22H,1-4H3/t13-/m1/s1. The summed E-state index contributed by atoms with van der Waals surface area (Å²) < 4.78 is 37.8. The van der Waals surface area contributed by atoms with E-state index in [1.807, 2.05) is 0 Å². The largest absolute Gasteiger partial charge is 0.497 e. The lowest BCUT2D eigenvalue weighted by Gasteiger charge is -2.15. The minimum Gasteiger partial charge on any atom is -0.497 e. The Labute approximate surface area is 178 Å². The second kappa shape index (κ2) is 9.51. The summed E-state index contributed by atoms with van der Waals surface area (Å²) in [5.74, 6) is -0.599. The van der Waals surface area contributed by atoms with Crippen LogP contribution < -0.4 is 9.46 Å². The fourth-order valence-electron chi connectivity index (χ4n) is 2.47. The number of esters is 1. The third-order valence-electron chi connectivity index (χ3n) is 3.89. The van der Waals surface area contributed by atoms with Crippen LogP contribution in [0.3, 0.4) is 0 Å². The average Bonchev–Trinajstić information content (AvgIpc) is 2.66. The van der Waals surface area contributed by atoms with Crippen molar-refractivity contribution in [1.29, 1.82) is 0 Å². The molecule has 0 radical (unpaired) electrons. The minimum atomic E-state index is -3.78. The molecule has 0 aliphatic carbocycles. The summed E-state index contributed by atoms with van der Waals surface area (Å²) >= 11 is 3.22. The zero-order valence-corrected chi connectivity index (χ0v) is 18.8. The SMILES string of the molecule is COc1ccc(C(=O)[C@@H](C)OC(=O)c2cc(S(=O)(=O)NC(C)C)ccc2Br)cc1. The molecular weight excluding hydrogens is 462 g/mol. The quantitative estimate of drug-likeness (QED) is 0.455. The lowest BCUT2D eigenvalue weighted by Crippen LogP contribution is -2.30. The molecule has 2 rings (SSSR count). The minimum absolute atomic E-state index is 0.00557. The van der Waals surface area contributed by atoms with Crippen LogP contribution in [0.15, 0.2) is 51.8 Å². The highest BCUT2D eigenvalue weighted by molar-refractivity contribution is 9.10. The van der Waals surface area contributed by atoms with Gasteiger partial charge in [-0.05, 0) is 79.2 Å². The molecule has 0 heterocycles. The first-order valence-electron chi connectivity index (χ1n) is 8.76. The van der Waals surface area contributed by atoms with Crippen molar-refractivity contribution in [3.05, 3.63) is 58.1 Å². The number of ketones is 1. The third kappa shape index (κ3) is 5.88. The number of rotatable bonds is 8. The van der Waals surface area contributed by atoms with Crippen molar-refractivity contribution in [2.45, 2.75) is 37.8 Å². The van der Waals surface area contributed by atoms with Crippen LogP contribution in [0.1, 0.15) is 41.5 Å². The molecule has 1 atom stereocenters. The first-order chi connectivity index (χ1) is 13.5. The van der Waals surface area contributed by atoms with Crippen LogP contribution in [0.5, 0.6) is 5.75 Å². The van der Waals surface area contributed by atoms with Gasteiger partial charge in [0.15, 0.2) is 6.10 Å². The first-order valence-corrected chi connectivity index (χ1v) is 11.0. The highest BCUT2D eigenvalue weighted by Gasteiger charge is 2.24. The molecule has 0 aromatic heterocycles. The summed E-state index contributed by atoms with van der Waals surface area (Å²) in [7, 11) is -2.27. The second-order valence-corrected chi connectivity index (χ2v) is 9.13. The molecule has 0 aliphatic rings. The Bertz CT molecular complexity index is 1000. The molecule has 0 bridgehead atoms. The van der Waals surface area contributed by atoms with Crippen molar-refractivity contribution >= 4 is 37.7 Å². The average molecular weight is 484 g/mol. The van der Waals surface area contributed by atoms with Gasteiger partial charge in [0, 0.05) is 16.1 Å². The summed E-state index contributed by atoms with van der Waals surface area (Å²) in [4.78, 5) is 25.0. The number of carbonyl (C=O) groups excluding carboxylic acids is 2. The third-order valence-corrected chi connectivity index (χ3v) is 6.23. The normalized spacial score (nSPS) is 12.5. The van der Waals surface area contributed by atoms with Gasteiger partial charge in [0.05, 0.1) is 17.6 Å². The molecule has 2 aromatic rings. The van der Waals surface area contributed by atoms with E-state index >= 15 is 0 Å². The fraction of sp³-hybridized carbons (Fsp3) is 0.300. The van der Waals surface area contributed by atoms with Gasteiger partial charge in [-0.3, -0.25) is 4.79 Å². The van der Waals surface area contributed by atoms with Gasteiger partial charge < -0.3 is 9.47 Å². The number of benzene rings is 2. The lowest BCUT2D eigenvalue weighted by molar-refractivity contribution is 0.0317. The van der Waals surface area contributed by atoms with E-state index in [4.69, 9.17) is 9.47 Å². The number of carbonyl (C=O) groups is 2. The van der Waals surface area contributed by atoms with E-state index in [9.17, 15) is 18.0 Å². The Morgan fingerprint density at radius 2 is 1.66 bits per heavy atom. The monoisotopic (exact) mass is 483 g/mol. The van der Waals surface area contributed by atoms with Gasteiger partial charge in [0.25, 0.3) is 0 Å². The van der Waals surface area contributed by atoms with Gasteiger partial charge in [0.2, 0.25) is 15.8 Å². The molecule has 0 unspecified atom stereocenters. The van der Waals surface area contributed by atoms with E-state index in [2.05, 4.69) is 20.7 Å². The molecule has 29 heavy (non-hydrogen) atoms. The summed E-state index contributed by atoms with van der Waals surface area (Å²) in [5.41, 5.74) is 0.369. The molecule has 2 aromatic carbocycles. The molecular formula is C20H22BrNO6S. The van der Waals surface area contributed by atoms with Crippen LogP contribution in [0.25, 0.3) is 0 Å². The summed E-state index contributed by atoms with van der Waals surface area (Å²) in [6.07, 6.45) is -1.06. The Hall–Kier alpha value is -2.23. The van der Waals surface area contributed by atoms with Crippen LogP contribution >= 0.6 is 15.9 Å². The molecule has 9 heteroatoms. The number of halogens is 1. The smallest absolute Gasteiger partial charge is 0.340 e. The maximum Gasteiger partial charge on any atom is 0.340 e. The molecule has 0 amide bonds. The molecule has 0 saturated carbocycles. The number of sulfonamides is 1. The van der Waals surface area contributed by atoms with Crippen molar-refractivity contribution in [3.63, 3.8) is 0 Å². The van der Waals surface area contributed by atoms with Gasteiger partial charge in [-0.15, -0.1) is 0 Å². The van der Waals surface area contributed by atoms with Gasteiger partial charge in [0.1, 0.15) is 5.75 Å². The number of hydrogen-bond acceptors (Lipinski definition) is 6. The van der Waals surface area contributed by atoms with E-state index in [0.29, 0.717) is 15.8 Å². The summed E-state index contributed by atoms with van der Waals surface area (Å²) in [6, 6.07) is 10.1. The first kappa shape index (κ1) is 23.1. The van der Waals surface area contributed by atoms with Gasteiger partial charge in [-0.2, -0.15) is 0 Å². The van der Waals surface area contributed by atoms with Crippen LogP contribution in [0.4, 0.5) is 0 Å². The van der Waals surface area contributed by atoms with E-state index in [0.717, 1.165) is 0 Å². The van der Waals surface area contributed by atoms with Crippen molar-refractivity contribution < 1.29 is 27.5 Å². The topological polar surface area (TPSA) is 98.8 Å². The lowest BCUT2D eigenvalue weighted by atomic mass is 10.1.